The number of anilines is 1. The Balaban J connectivity index is 3.06. The summed E-state index contributed by atoms with van der Waals surface area (Å²) in [6, 6.07) is 9.34. The van der Waals surface area contributed by atoms with E-state index in [4.69, 9.17) is 11.6 Å². The Morgan fingerprint density at radius 3 is 2.33 bits per heavy atom. The van der Waals surface area contributed by atoms with Gasteiger partial charge in [-0.2, -0.15) is 10.5 Å². The van der Waals surface area contributed by atoms with Gasteiger partial charge >= 0.3 is 0 Å². The first kappa shape index (κ1) is 14.2. The number of benzene rings is 1. The lowest BCUT2D eigenvalue weighted by molar-refractivity contribution is 0.942. The van der Waals surface area contributed by atoms with Crippen LogP contribution in [0.4, 0.5) is 5.82 Å². The molecule has 0 aliphatic carbocycles. The molecule has 0 saturated carbocycles. The number of nitrogens with zero attached hydrogens (tertiary/aromatic N) is 3. The summed E-state index contributed by atoms with van der Waals surface area (Å²) in [4.78, 5) is 12.1. The molecule has 2 aromatic rings. The van der Waals surface area contributed by atoms with E-state index in [2.05, 4.69) is 0 Å². The minimum Gasteiger partial charge on any atom is -0.382 e. The number of hydrogen-bond donors (Lipinski definition) is 2. The third kappa shape index (κ3) is 2.09. The van der Waals surface area contributed by atoms with Crippen LogP contribution in [0.5, 0.6) is 0 Å². The van der Waals surface area contributed by atoms with Crippen LogP contribution >= 0.6 is 0 Å². The molecule has 0 radical (unpaired) electrons. The van der Waals surface area contributed by atoms with Gasteiger partial charge in [-0.1, -0.05) is 23.8 Å². The van der Waals surface area contributed by atoms with Gasteiger partial charge in [0.2, 0.25) is 0 Å². The number of nitrogen functional groups attached to an aromatic ring is 2. The van der Waals surface area contributed by atoms with Crippen molar-refractivity contribution in [3.05, 3.63) is 50.8 Å². The van der Waals surface area contributed by atoms with Gasteiger partial charge in [0.1, 0.15) is 29.1 Å². The molecule has 0 aliphatic rings. The maximum Gasteiger partial charge on any atom is 0.289 e. The van der Waals surface area contributed by atoms with E-state index in [1.807, 2.05) is 44.2 Å². The Hall–Kier alpha value is -3.25. The van der Waals surface area contributed by atoms with Crippen molar-refractivity contribution in [1.29, 1.82) is 10.5 Å². The lowest BCUT2D eigenvalue weighted by Gasteiger charge is -2.14. The number of hydrogen-bond acceptors (Lipinski definition) is 5. The molecule has 4 N–H and O–H groups in total. The van der Waals surface area contributed by atoms with Gasteiger partial charge in [-0.3, -0.25) is 4.79 Å². The van der Waals surface area contributed by atoms with Gasteiger partial charge in [0.05, 0.1) is 0 Å². The first-order valence-electron chi connectivity index (χ1n) is 6.13. The Bertz CT molecular complexity index is 881. The molecule has 0 bridgehead atoms. The molecule has 21 heavy (non-hydrogen) atoms. The van der Waals surface area contributed by atoms with Gasteiger partial charge in [-0.25, -0.2) is 4.68 Å². The Kier molecular flexibility index (Phi) is 3.39. The SMILES string of the molecule is Cc1ccc(C)c(-c2c(C#N)c(N)n(N)c(=O)c2C#N)c1. The first-order chi connectivity index (χ1) is 9.92. The van der Waals surface area contributed by atoms with Crippen molar-refractivity contribution in [1.82, 2.24) is 4.68 Å². The van der Waals surface area contributed by atoms with Crippen molar-refractivity contribution >= 4 is 5.82 Å². The summed E-state index contributed by atoms with van der Waals surface area (Å²) in [5.41, 5.74) is 7.53. The second-order valence-electron chi connectivity index (χ2n) is 4.73. The average Bonchev–Trinajstić information content (AvgIpc) is 2.47. The number of pyridine rings is 1. The van der Waals surface area contributed by atoms with Gasteiger partial charge < -0.3 is 11.6 Å². The highest BCUT2D eigenvalue weighted by molar-refractivity contribution is 5.82. The average molecular weight is 279 g/mol. The van der Waals surface area contributed by atoms with Crippen LogP contribution in [-0.4, -0.2) is 4.68 Å². The van der Waals surface area contributed by atoms with E-state index < -0.39 is 5.56 Å². The van der Waals surface area contributed by atoms with Gasteiger partial charge in [0, 0.05) is 5.56 Å². The quantitative estimate of drug-likeness (QED) is 0.759. The van der Waals surface area contributed by atoms with E-state index in [-0.39, 0.29) is 22.5 Å². The van der Waals surface area contributed by atoms with Gasteiger partial charge in [-0.15, -0.1) is 0 Å². The van der Waals surface area contributed by atoms with Crippen LogP contribution in [0, 0.1) is 36.5 Å². The zero-order valence-corrected chi connectivity index (χ0v) is 11.6. The summed E-state index contributed by atoms with van der Waals surface area (Å²) in [6.45, 7) is 3.72. The van der Waals surface area contributed by atoms with Crippen molar-refractivity contribution in [2.24, 2.45) is 0 Å². The molecule has 6 nitrogen and oxygen atoms in total. The molecule has 1 heterocycles. The van der Waals surface area contributed by atoms with Crippen molar-refractivity contribution in [2.75, 3.05) is 11.6 Å². The van der Waals surface area contributed by atoms with Crippen LogP contribution in [0.25, 0.3) is 11.1 Å². The summed E-state index contributed by atoms with van der Waals surface area (Å²) < 4.78 is 0.631. The van der Waals surface area contributed by atoms with E-state index in [0.717, 1.165) is 11.1 Å². The van der Waals surface area contributed by atoms with Crippen LogP contribution in [-0.2, 0) is 0 Å². The van der Waals surface area contributed by atoms with Gasteiger partial charge in [-0.05, 0) is 25.0 Å². The Labute approximate surface area is 121 Å². The lowest BCUT2D eigenvalue weighted by Crippen LogP contribution is -2.33. The zero-order valence-electron chi connectivity index (χ0n) is 11.6. The fourth-order valence-electron chi connectivity index (χ4n) is 2.20. The minimum absolute atomic E-state index is 0.0300. The predicted octanol–water partition coefficient (Wildman–Crippen LogP) is 1.17. The van der Waals surface area contributed by atoms with Crippen molar-refractivity contribution in [3.63, 3.8) is 0 Å². The standard InChI is InChI=1S/C15H13N5O/c1-8-3-4-9(2)10(5-8)13-11(6-16)14(18)20(19)15(21)12(13)7-17/h3-5H,18-19H2,1-2H3. The lowest BCUT2D eigenvalue weighted by atomic mass is 9.92. The Morgan fingerprint density at radius 1 is 1.14 bits per heavy atom. The minimum atomic E-state index is -0.718. The molecular weight excluding hydrogens is 266 g/mol. The smallest absolute Gasteiger partial charge is 0.289 e. The molecule has 0 atom stereocenters. The number of nitrogens with two attached hydrogens (primary N) is 2. The maximum atomic E-state index is 12.1. The predicted molar refractivity (Wildman–Crippen MR) is 79.6 cm³/mol. The third-order valence-electron chi connectivity index (χ3n) is 3.33. The van der Waals surface area contributed by atoms with Crippen LogP contribution in [0.1, 0.15) is 22.3 Å². The van der Waals surface area contributed by atoms with E-state index in [9.17, 15) is 15.3 Å². The highest BCUT2D eigenvalue weighted by Crippen LogP contribution is 2.31. The number of rotatable bonds is 1. The molecule has 6 heteroatoms. The molecule has 0 spiro atoms. The van der Waals surface area contributed by atoms with Crippen LogP contribution < -0.4 is 17.1 Å². The van der Waals surface area contributed by atoms with Gasteiger partial charge in [0.15, 0.2) is 0 Å². The Morgan fingerprint density at radius 2 is 1.76 bits per heavy atom. The molecule has 1 aromatic heterocycles. The van der Waals surface area contributed by atoms with Crippen LogP contribution in [0.3, 0.4) is 0 Å². The summed E-state index contributed by atoms with van der Waals surface area (Å²) in [5, 5.41) is 18.6. The first-order valence-corrected chi connectivity index (χ1v) is 6.13. The number of nitriles is 2. The topological polar surface area (TPSA) is 122 Å². The van der Waals surface area contributed by atoms with E-state index in [1.165, 1.54) is 0 Å². The summed E-state index contributed by atoms with van der Waals surface area (Å²) >= 11 is 0. The largest absolute Gasteiger partial charge is 0.382 e. The molecular formula is C15H13N5O. The molecule has 0 aliphatic heterocycles. The van der Waals surface area contributed by atoms with Crippen LogP contribution in [0.2, 0.25) is 0 Å². The highest BCUT2D eigenvalue weighted by Gasteiger charge is 2.21. The van der Waals surface area contributed by atoms with Crippen molar-refractivity contribution < 1.29 is 0 Å². The monoisotopic (exact) mass is 279 g/mol. The third-order valence-corrected chi connectivity index (χ3v) is 3.33. The van der Waals surface area contributed by atoms with Crippen molar-refractivity contribution in [3.8, 4) is 23.3 Å². The number of aryl methyl sites for hydroxylation is 2. The molecule has 0 fully saturated rings. The second kappa shape index (κ2) is 5.03. The molecule has 2 rings (SSSR count). The fourth-order valence-corrected chi connectivity index (χ4v) is 2.20. The molecule has 0 amide bonds. The summed E-state index contributed by atoms with van der Waals surface area (Å²) in [6.07, 6.45) is 0. The highest BCUT2D eigenvalue weighted by atomic mass is 16.1. The van der Waals surface area contributed by atoms with E-state index in [1.54, 1.807) is 0 Å². The normalized spacial score (nSPS) is 9.90. The molecule has 104 valence electrons. The zero-order chi connectivity index (χ0) is 15.7. The van der Waals surface area contributed by atoms with E-state index >= 15 is 0 Å². The van der Waals surface area contributed by atoms with Crippen molar-refractivity contribution in [2.45, 2.75) is 13.8 Å². The molecule has 1 aromatic carbocycles. The van der Waals surface area contributed by atoms with E-state index in [0.29, 0.717) is 10.2 Å². The molecule has 0 unspecified atom stereocenters. The van der Waals surface area contributed by atoms with Gasteiger partial charge in [0.25, 0.3) is 5.56 Å². The summed E-state index contributed by atoms with van der Waals surface area (Å²) in [5.74, 6) is 5.37. The molecule has 0 saturated heterocycles. The fraction of sp³-hybridized carbons (Fsp3) is 0.133. The maximum absolute atomic E-state index is 12.1. The summed E-state index contributed by atoms with van der Waals surface area (Å²) in [7, 11) is 0. The number of aromatic nitrogens is 1. The van der Waals surface area contributed by atoms with Crippen LogP contribution in [0.15, 0.2) is 23.0 Å². The second-order valence-corrected chi connectivity index (χ2v) is 4.73.